The van der Waals surface area contributed by atoms with Crippen molar-refractivity contribution in [3.63, 3.8) is 0 Å². The topological polar surface area (TPSA) is 71.5 Å². The molecule has 36 heavy (non-hydrogen) atoms. The third kappa shape index (κ3) is 8.22. The standard InChI is InChI=1S/C29H40N2O5/c1-24-10-12-26(13-11-24)36-23-29(33)21-30(16-18-34-22-29)20-25-7-5-8-27(19-25)35-17-6-15-31-14-4-2-3-9-28(31)32/h5,7-8,10-13,19,33H,2-4,6,9,14-18,20-23H2,1H3. The van der Waals surface area contributed by atoms with Crippen molar-refractivity contribution in [2.24, 2.45) is 0 Å². The van der Waals surface area contributed by atoms with E-state index in [-0.39, 0.29) is 19.1 Å². The number of benzene rings is 2. The van der Waals surface area contributed by atoms with Gasteiger partial charge in [-0.1, -0.05) is 36.2 Å². The molecule has 0 aromatic heterocycles. The molecular formula is C29H40N2O5. The molecule has 1 unspecified atom stereocenters. The molecule has 1 N–H and O–H groups in total. The first-order valence-electron chi connectivity index (χ1n) is 13.2. The maximum absolute atomic E-state index is 12.2. The second-order valence-corrected chi connectivity index (χ2v) is 10.1. The molecule has 0 saturated carbocycles. The van der Waals surface area contributed by atoms with Crippen LogP contribution in [0.4, 0.5) is 0 Å². The van der Waals surface area contributed by atoms with Crippen LogP contribution in [0.3, 0.4) is 0 Å². The second-order valence-electron chi connectivity index (χ2n) is 10.1. The lowest BCUT2D eigenvalue weighted by Crippen LogP contribution is -2.48. The lowest BCUT2D eigenvalue weighted by Gasteiger charge is -2.30. The van der Waals surface area contributed by atoms with E-state index in [2.05, 4.69) is 17.0 Å². The quantitative estimate of drug-likeness (QED) is 0.505. The number of aliphatic hydroxyl groups is 1. The van der Waals surface area contributed by atoms with Crippen LogP contribution in [0.5, 0.6) is 11.5 Å². The molecular weight excluding hydrogens is 456 g/mol. The lowest BCUT2D eigenvalue weighted by molar-refractivity contribution is -0.130. The predicted octanol–water partition coefficient (Wildman–Crippen LogP) is 3.81. The molecule has 4 rings (SSSR count). The lowest BCUT2D eigenvalue weighted by atomic mass is 10.1. The Labute approximate surface area is 214 Å². The summed E-state index contributed by atoms with van der Waals surface area (Å²) < 4.78 is 17.6. The zero-order chi connectivity index (χ0) is 25.2. The van der Waals surface area contributed by atoms with Gasteiger partial charge in [0, 0.05) is 39.1 Å². The van der Waals surface area contributed by atoms with Crippen LogP contribution in [0.15, 0.2) is 48.5 Å². The average molecular weight is 497 g/mol. The third-order valence-electron chi connectivity index (χ3n) is 6.79. The van der Waals surface area contributed by atoms with Gasteiger partial charge >= 0.3 is 0 Å². The largest absolute Gasteiger partial charge is 0.494 e. The molecule has 2 heterocycles. The molecule has 2 aliphatic rings. The molecule has 196 valence electrons. The van der Waals surface area contributed by atoms with Crippen LogP contribution < -0.4 is 9.47 Å². The number of hydrogen-bond acceptors (Lipinski definition) is 6. The van der Waals surface area contributed by atoms with Gasteiger partial charge in [-0.05, 0) is 56.0 Å². The first kappa shape index (κ1) is 26.5. The summed E-state index contributed by atoms with van der Waals surface area (Å²) in [5, 5.41) is 11.2. The van der Waals surface area contributed by atoms with E-state index >= 15 is 0 Å². The van der Waals surface area contributed by atoms with Crippen molar-refractivity contribution in [1.29, 1.82) is 0 Å². The van der Waals surface area contributed by atoms with Crippen molar-refractivity contribution < 1.29 is 24.1 Å². The van der Waals surface area contributed by atoms with Crippen LogP contribution in [0.1, 0.15) is 43.2 Å². The van der Waals surface area contributed by atoms with Crippen LogP contribution >= 0.6 is 0 Å². The van der Waals surface area contributed by atoms with Gasteiger partial charge in [0.1, 0.15) is 23.7 Å². The van der Waals surface area contributed by atoms with Crippen LogP contribution in [-0.2, 0) is 16.1 Å². The summed E-state index contributed by atoms with van der Waals surface area (Å²) in [6, 6.07) is 16.0. The van der Waals surface area contributed by atoms with Gasteiger partial charge in [-0.3, -0.25) is 9.69 Å². The Balaban J connectivity index is 1.25. The normalized spacial score (nSPS) is 21.6. The van der Waals surface area contributed by atoms with E-state index in [4.69, 9.17) is 14.2 Å². The molecule has 7 heteroatoms. The van der Waals surface area contributed by atoms with Crippen molar-refractivity contribution in [2.45, 2.75) is 51.2 Å². The fourth-order valence-electron chi connectivity index (χ4n) is 4.78. The highest BCUT2D eigenvalue weighted by Gasteiger charge is 2.33. The van der Waals surface area contributed by atoms with Crippen LogP contribution in [-0.4, -0.2) is 79.0 Å². The molecule has 0 bridgehead atoms. The highest BCUT2D eigenvalue weighted by Crippen LogP contribution is 2.21. The van der Waals surface area contributed by atoms with Crippen molar-refractivity contribution in [1.82, 2.24) is 9.80 Å². The first-order chi connectivity index (χ1) is 17.5. The Morgan fingerprint density at radius 3 is 2.75 bits per heavy atom. The fraction of sp³-hybridized carbons (Fsp3) is 0.552. The summed E-state index contributed by atoms with van der Waals surface area (Å²) >= 11 is 0. The van der Waals surface area contributed by atoms with E-state index in [1.165, 1.54) is 5.56 Å². The molecule has 0 spiro atoms. The molecule has 1 atom stereocenters. The molecule has 2 fully saturated rings. The van der Waals surface area contributed by atoms with Crippen molar-refractivity contribution in [3.05, 3.63) is 59.7 Å². The van der Waals surface area contributed by atoms with E-state index in [0.717, 1.165) is 62.4 Å². The monoisotopic (exact) mass is 496 g/mol. The summed E-state index contributed by atoms with van der Waals surface area (Å²) in [5.74, 6) is 1.86. The summed E-state index contributed by atoms with van der Waals surface area (Å²) in [7, 11) is 0. The number of rotatable bonds is 10. The first-order valence-corrected chi connectivity index (χ1v) is 13.2. The maximum atomic E-state index is 12.2. The van der Waals surface area contributed by atoms with Gasteiger partial charge in [-0.25, -0.2) is 0 Å². The third-order valence-corrected chi connectivity index (χ3v) is 6.79. The zero-order valence-electron chi connectivity index (χ0n) is 21.5. The molecule has 1 amide bonds. The minimum atomic E-state index is -1.08. The number of amides is 1. The van der Waals surface area contributed by atoms with Gasteiger partial charge < -0.3 is 24.2 Å². The van der Waals surface area contributed by atoms with Crippen molar-refractivity contribution in [2.75, 3.05) is 52.6 Å². The number of aryl methyl sites for hydroxylation is 1. The number of carbonyl (C=O) groups excluding carboxylic acids is 1. The molecule has 2 aromatic carbocycles. The van der Waals surface area contributed by atoms with Gasteiger partial charge in [-0.2, -0.15) is 0 Å². The average Bonchev–Trinajstić information content (AvgIpc) is 3.19. The minimum absolute atomic E-state index is 0.176. The molecule has 2 aromatic rings. The summed E-state index contributed by atoms with van der Waals surface area (Å²) in [6.07, 6.45) is 4.76. The molecule has 7 nitrogen and oxygen atoms in total. The molecule has 2 saturated heterocycles. The van der Waals surface area contributed by atoms with Gasteiger partial charge in [0.05, 0.1) is 19.8 Å². The van der Waals surface area contributed by atoms with Crippen LogP contribution in [0.2, 0.25) is 0 Å². The number of carbonyl (C=O) groups is 1. The predicted molar refractivity (Wildman–Crippen MR) is 139 cm³/mol. The Kier molecular flexibility index (Phi) is 9.61. The van der Waals surface area contributed by atoms with Crippen molar-refractivity contribution >= 4 is 5.91 Å². The highest BCUT2D eigenvalue weighted by molar-refractivity contribution is 5.76. The summed E-state index contributed by atoms with van der Waals surface area (Å²) in [6.45, 7) is 7.14. The van der Waals surface area contributed by atoms with Gasteiger partial charge in [0.15, 0.2) is 0 Å². The van der Waals surface area contributed by atoms with E-state index in [0.29, 0.717) is 32.7 Å². The Hall–Kier alpha value is -2.61. The number of nitrogens with zero attached hydrogens (tertiary/aromatic N) is 2. The second kappa shape index (κ2) is 13.1. The number of hydrogen-bond donors (Lipinski definition) is 1. The fourth-order valence-corrected chi connectivity index (χ4v) is 4.78. The van der Waals surface area contributed by atoms with Gasteiger partial charge in [0.2, 0.25) is 5.91 Å². The van der Waals surface area contributed by atoms with Crippen molar-refractivity contribution in [3.8, 4) is 11.5 Å². The zero-order valence-corrected chi connectivity index (χ0v) is 21.5. The Bertz CT molecular complexity index is 966. The highest BCUT2D eigenvalue weighted by atomic mass is 16.5. The maximum Gasteiger partial charge on any atom is 0.222 e. The van der Waals surface area contributed by atoms with Crippen LogP contribution in [0, 0.1) is 6.92 Å². The van der Waals surface area contributed by atoms with Crippen LogP contribution in [0.25, 0.3) is 0 Å². The number of β-amino-alcohol motifs (C(OH)–C–C–N with tert-alkyl or cyclic N) is 1. The number of ether oxygens (including phenoxy) is 3. The Morgan fingerprint density at radius 2 is 1.89 bits per heavy atom. The van der Waals surface area contributed by atoms with E-state index in [9.17, 15) is 9.90 Å². The SMILES string of the molecule is Cc1ccc(OCC2(O)COCCN(Cc3cccc(OCCCN4CCCCCC4=O)c3)C2)cc1. The van der Waals surface area contributed by atoms with E-state index in [1.807, 2.05) is 48.2 Å². The van der Waals surface area contributed by atoms with Gasteiger partial charge in [-0.15, -0.1) is 0 Å². The van der Waals surface area contributed by atoms with E-state index in [1.54, 1.807) is 0 Å². The smallest absolute Gasteiger partial charge is 0.222 e. The summed E-state index contributed by atoms with van der Waals surface area (Å²) in [5.41, 5.74) is 1.21. The Morgan fingerprint density at radius 1 is 1.03 bits per heavy atom. The molecule has 0 radical (unpaired) electrons. The minimum Gasteiger partial charge on any atom is -0.494 e. The van der Waals surface area contributed by atoms with Gasteiger partial charge in [0.25, 0.3) is 0 Å². The number of likely N-dealkylation sites (tertiary alicyclic amines) is 1. The van der Waals surface area contributed by atoms with E-state index < -0.39 is 5.60 Å². The molecule has 2 aliphatic heterocycles. The molecule has 0 aliphatic carbocycles. The summed E-state index contributed by atoms with van der Waals surface area (Å²) in [4.78, 5) is 16.3.